The molecule has 2 aromatic rings. The van der Waals surface area contributed by atoms with Gasteiger partial charge in [0, 0.05) is 6.54 Å². The second-order valence-electron chi connectivity index (χ2n) is 4.53. The van der Waals surface area contributed by atoms with Crippen LogP contribution in [0.2, 0.25) is 5.02 Å². The first kappa shape index (κ1) is 14.4. The minimum atomic E-state index is -0.333. The molecular weight excluding hydrogens is 274 g/mol. The van der Waals surface area contributed by atoms with E-state index in [1.54, 1.807) is 12.1 Å². The molecule has 2 rings (SSSR count). The average Bonchev–Trinajstić information content (AvgIpc) is 2.46. The van der Waals surface area contributed by atoms with Crippen LogP contribution in [0.15, 0.2) is 42.5 Å². The number of rotatable bonds is 4. The molecule has 0 aliphatic rings. The second-order valence-corrected chi connectivity index (χ2v) is 4.94. The Labute approximate surface area is 123 Å². The van der Waals surface area contributed by atoms with Gasteiger partial charge in [0.15, 0.2) is 0 Å². The number of anilines is 1. The van der Waals surface area contributed by atoms with Crippen molar-refractivity contribution < 1.29 is 9.53 Å². The molecule has 0 aliphatic carbocycles. The molecule has 3 nitrogen and oxygen atoms in total. The van der Waals surface area contributed by atoms with Crippen LogP contribution in [-0.2, 0) is 11.3 Å². The predicted molar refractivity (Wildman–Crippen MR) is 81.3 cm³/mol. The summed E-state index contributed by atoms with van der Waals surface area (Å²) in [6.45, 7) is 2.59. The van der Waals surface area contributed by atoms with Gasteiger partial charge in [-0.1, -0.05) is 29.8 Å². The third kappa shape index (κ3) is 3.52. The smallest absolute Gasteiger partial charge is 0.337 e. The Kier molecular flexibility index (Phi) is 4.64. The Morgan fingerprint density at radius 3 is 2.75 bits per heavy atom. The van der Waals surface area contributed by atoms with Crippen LogP contribution in [0.1, 0.15) is 21.5 Å². The van der Waals surface area contributed by atoms with E-state index in [-0.39, 0.29) is 5.97 Å². The first-order chi connectivity index (χ1) is 9.60. The molecule has 104 valence electrons. The Morgan fingerprint density at radius 2 is 2.05 bits per heavy atom. The summed E-state index contributed by atoms with van der Waals surface area (Å²) in [4.78, 5) is 11.5. The molecule has 0 unspecified atom stereocenters. The van der Waals surface area contributed by atoms with Gasteiger partial charge in [-0.3, -0.25) is 0 Å². The number of benzene rings is 2. The molecular formula is C16H16ClNO2. The number of carbonyl (C=O) groups excluding carboxylic acids is 1. The summed E-state index contributed by atoms with van der Waals surface area (Å²) < 4.78 is 4.71. The third-order valence-electron chi connectivity index (χ3n) is 2.96. The zero-order valence-corrected chi connectivity index (χ0v) is 12.2. The predicted octanol–water partition coefficient (Wildman–Crippen LogP) is 4.05. The first-order valence-corrected chi connectivity index (χ1v) is 6.65. The van der Waals surface area contributed by atoms with Crippen molar-refractivity contribution in [3.05, 3.63) is 64.2 Å². The lowest BCUT2D eigenvalue weighted by molar-refractivity contribution is 0.0600. The average molecular weight is 290 g/mol. The Bertz CT molecular complexity index is 626. The van der Waals surface area contributed by atoms with Crippen molar-refractivity contribution >= 4 is 23.3 Å². The third-order valence-corrected chi connectivity index (χ3v) is 3.27. The molecule has 0 spiro atoms. The Morgan fingerprint density at radius 1 is 1.25 bits per heavy atom. The molecule has 20 heavy (non-hydrogen) atoms. The van der Waals surface area contributed by atoms with Gasteiger partial charge in [-0.2, -0.15) is 0 Å². The van der Waals surface area contributed by atoms with Crippen LogP contribution >= 0.6 is 11.6 Å². The van der Waals surface area contributed by atoms with Crippen molar-refractivity contribution in [1.29, 1.82) is 0 Å². The van der Waals surface area contributed by atoms with E-state index in [1.165, 1.54) is 7.11 Å². The summed E-state index contributed by atoms with van der Waals surface area (Å²) >= 11 is 6.16. The molecule has 0 saturated heterocycles. The van der Waals surface area contributed by atoms with Gasteiger partial charge in [0.2, 0.25) is 0 Å². The first-order valence-electron chi connectivity index (χ1n) is 6.27. The lowest BCUT2D eigenvalue weighted by atomic mass is 10.1. The number of hydrogen-bond donors (Lipinski definition) is 1. The van der Waals surface area contributed by atoms with E-state index in [4.69, 9.17) is 16.3 Å². The van der Waals surface area contributed by atoms with Crippen LogP contribution in [-0.4, -0.2) is 13.1 Å². The molecule has 0 aliphatic heterocycles. The van der Waals surface area contributed by atoms with Gasteiger partial charge in [0.05, 0.1) is 23.4 Å². The van der Waals surface area contributed by atoms with Crippen molar-refractivity contribution in [2.75, 3.05) is 12.4 Å². The van der Waals surface area contributed by atoms with Gasteiger partial charge in [-0.15, -0.1) is 0 Å². The molecule has 0 fully saturated rings. The van der Waals surface area contributed by atoms with E-state index in [0.717, 1.165) is 16.8 Å². The summed E-state index contributed by atoms with van der Waals surface area (Å²) in [5, 5.41) is 3.95. The van der Waals surface area contributed by atoms with Crippen molar-refractivity contribution in [3.63, 3.8) is 0 Å². The molecule has 2 aromatic carbocycles. The molecule has 0 heterocycles. The van der Waals surface area contributed by atoms with Gasteiger partial charge in [-0.05, 0) is 42.3 Å². The summed E-state index contributed by atoms with van der Waals surface area (Å²) in [6, 6.07) is 13.2. The van der Waals surface area contributed by atoms with Crippen molar-refractivity contribution in [1.82, 2.24) is 0 Å². The molecule has 0 atom stereocenters. The molecule has 0 bridgehead atoms. The Balaban J connectivity index is 2.09. The lowest BCUT2D eigenvalue weighted by Crippen LogP contribution is -2.04. The van der Waals surface area contributed by atoms with Gasteiger partial charge < -0.3 is 10.1 Å². The quantitative estimate of drug-likeness (QED) is 0.863. The van der Waals surface area contributed by atoms with Crippen LogP contribution in [0.5, 0.6) is 0 Å². The molecule has 0 radical (unpaired) electrons. The van der Waals surface area contributed by atoms with Gasteiger partial charge in [0.25, 0.3) is 0 Å². The molecule has 1 N–H and O–H groups in total. The maximum Gasteiger partial charge on any atom is 0.337 e. The fraction of sp³-hybridized carbons (Fsp3) is 0.188. The number of halogens is 1. The molecule has 0 amide bonds. The van der Waals surface area contributed by atoms with Crippen molar-refractivity contribution in [2.24, 2.45) is 0 Å². The van der Waals surface area contributed by atoms with Crippen LogP contribution in [0.4, 0.5) is 5.69 Å². The number of hydrogen-bond acceptors (Lipinski definition) is 3. The highest BCUT2D eigenvalue weighted by Crippen LogP contribution is 2.23. The highest BCUT2D eigenvalue weighted by Gasteiger charge is 2.06. The zero-order chi connectivity index (χ0) is 14.5. The topological polar surface area (TPSA) is 38.3 Å². The number of carbonyl (C=O) groups is 1. The summed E-state index contributed by atoms with van der Waals surface area (Å²) in [5.74, 6) is -0.333. The van der Waals surface area contributed by atoms with E-state index in [2.05, 4.69) is 5.32 Å². The van der Waals surface area contributed by atoms with E-state index in [1.807, 2.05) is 37.3 Å². The monoisotopic (exact) mass is 289 g/mol. The van der Waals surface area contributed by atoms with Gasteiger partial charge in [-0.25, -0.2) is 4.79 Å². The number of esters is 1. The highest BCUT2D eigenvalue weighted by molar-refractivity contribution is 6.33. The van der Waals surface area contributed by atoms with Gasteiger partial charge >= 0.3 is 5.97 Å². The minimum Gasteiger partial charge on any atom is -0.465 e. The Hall–Kier alpha value is -2.00. The standard InChI is InChI=1S/C16H16ClNO2/c1-11-6-7-15(14(17)8-11)18-10-12-4-3-5-13(9-12)16(19)20-2/h3-9,18H,10H2,1-2H3. The van der Waals surface area contributed by atoms with E-state index >= 15 is 0 Å². The summed E-state index contributed by atoms with van der Waals surface area (Å²) in [7, 11) is 1.37. The maximum atomic E-state index is 11.5. The number of ether oxygens (including phenoxy) is 1. The second kappa shape index (κ2) is 6.44. The number of nitrogens with one attached hydrogen (secondary N) is 1. The van der Waals surface area contributed by atoms with E-state index in [0.29, 0.717) is 17.1 Å². The highest BCUT2D eigenvalue weighted by atomic mass is 35.5. The fourth-order valence-corrected chi connectivity index (χ4v) is 2.19. The zero-order valence-electron chi connectivity index (χ0n) is 11.4. The minimum absolute atomic E-state index is 0.333. The van der Waals surface area contributed by atoms with Crippen LogP contribution in [0.25, 0.3) is 0 Å². The summed E-state index contributed by atoms with van der Waals surface area (Å²) in [6.07, 6.45) is 0. The van der Waals surface area contributed by atoms with Crippen LogP contribution in [0, 0.1) is 6.92 Å². The van der Waals surface area contributed by atoms with E-state index < -0.39 is 0 Å². The van der Waals surface area contributed by atoms with Gasteiger partial charge in [0.1, 0.15) is 0 Å². The van der Waals surface area contributed by atoms with Crippen molar-refractivity contribution in [3.8, 4) is 0 Å². The largest absolute Gasteiger partial charge is 0.465 e. The van der Waals surface area contributed by atoms with Crippen LogP contribution in [0.3, 0.4) is 0 Å². The lowest BCUT2D eigenvalue weighted by Gasteiger charge is -2.10. The van der Waals surface area contributed by atoms with E-state index in [9.17, 15) is 4.79 Å². The number of methoxy groups -OCH3 is 1. The van der Waals surface area contributed by atoms with Crippen LogP contribution < -0.4 is 5.32 Å². The summed E-state index contributed by atoms with van der Waals surface area (Å²) in [5.41, 5.74) is 3.53. The number of aryl methyl sites for hydroxylation is 1. The SMILES string of the molecule is COC(=O)c1cccc(CNc2ccc(C)cc2Cl)c1. The molecule has 4 heteroatoms. The van der Waals surface area contributed by atoms with Crippen molar-refractivity contribution in [2.45, 2.75) is 13.5 Å². The fourth-order valence-electron chi connectivity index (χ4n) is 1.89. The molecule has 0 saturated carbocycles. The molecule has 0 aromatic heterocycles. The maximum absolute atomic E-state index is 11.5. The normalized spacial score (nSPS) is 10.2.